The first kappa shape index (κ1) is 23.9. The highest BCUT2D eigenvalue weighted by molar-refractivity contribution is 6.01. The fourth-order valence-electron chi connectivity index (χ4n) is 8.07. The van der Waals surface area contributed by atoms with E-state index in [1.165, 1.54) is 23.2 Å². The molecule has 2 unspecified atom stereocenters. The number of halogens is 1. The molecule has 4 aliphatic carbocycles. The number of esters is 1. The Morgan fingerprint density at radius 1 is 1.26 bits per heavy atom. The molecule has 8 heteroatoms. The van der Waals surface area contributed by atoms with Crippen molar-refractivity contribution in [3.8, 4) is 0 Å². The van der Waals surface area contributed by atoms with Crippen LogP contribution < -0.4 is 0 Å². The van der Waals surface area contributed by atoms with E-state index in [4.69, 9.17) is 4.74 Å². The van der Waals surface area contributed by atoms with E-state index in [9.17, 15) is 19.5 Å². The number of nitrogens with zero attached hydrogens (tertiary/aromatic N) is 2. The predicted molar refractivity (Wildman–Crippen MR) is 125 cm³/mol. The number of alkyl halides is 1. The number of ether oxygens (including phenoxy) is 1. The van der Waals surface area contributed by atoms with Gasteiger partial charge in [-0.05, 0) is 62.5 Å². The second-order valence-corrected chi connectivity index (χ2v) is 11.2. The number of hydrogen-bond acceptors (Lipinski definition) is 6. The van der Waals surface area contributed by atoms with E-state index in [-0.39, 0.29) is 42.1 Å². The number of rotatable bonds is 3. The summed E-state index contributed by atoms with van der Waals surface area (Å²) in [6.45, 7) is 7.27. The zero-order valence-corrected chi connectivity index (χ0v) is 20.7. The van der Waals surface area contributed by atoms with Crippen LogP contribution in [0.5, 0.6) is 0 Å². The number of aliphatic hydroxyl groups excluding tert-OH is 1. The van der Waals surface area contributed by atoms with Gasteiger partial charge in [0.2, 0.25) is 0 Å². The smallest absolute Gasteiger partial charge is 0.306 e. The fourth-order valence-corrected chi connectivity index (χ4v) is 8.07. The maximum absolute atomic E-state index is 17.3. The molecule has 0 aliphatic heterocycles. The number of carbonyl (C=O) groups is 3. The van der Waals surface area contributed by atoms with Gasteiger partial charge in [0, 0.05) is 36.2 Å². The average molecular weight is 485 g/mol. The Bertz CT molecular complexity index is 1160. The van der Waals surface area contributed by atoms with Gasteiger partial charge in [0.1, 0.15) is 17.8 Å². The molecule has 1 heterocycles. The van der Waals surface area contributed by atoms with Crippen molar-refractivity contribution in [2.24, 2.45) is 28.6 Å². The van der Waals surface area contributed by atoms with Gasteiger partial charge in [-0.1, -0.05) is 20.8 Å². The Morgan fingerprint density at radius 2 is 2.00 bits per heavy atom. The molecule has 188 valence electrons. The first-order chi connectivity index (χ1) is 16.5. The van der Waals surface area contributed by atoms with Crippen LogP contribution in [0, 0.1) is 28.6 Å². The number of allylic oxidation sites excluding steroid dienone is 3. The molecule has 7 atom stereocenters. The van der Waals surface area contributed by atoms with E-state index < -0.39 is 34.0 Å². The summed E-state index contributed by atoms with van der Waals surface area (Å²) in [7, 11) is 0. The first-order valence-corrected chi connectivity index (χ1v) is 12.6. The van der Waals surface area contributed by atoms with Gasteiger partial charge < -0.3 is 9.84 Å². The van der Waals surface area contributed by atoms with Gasteiger partial charge in [0.05, 0.1) is 5.41 Å². The normalized spacial score (nSPS) is 42.3. The van der Waals surface area contributed by atoms with Crippen LogP contribution in [0.15, 0.2) is 42.2 Å². The zero-order chi connectivity index (χ0) is 25.4. The Kier molecular flexibility index (Phi) is 5.21. The zero-order valence-electron chi connectivity index (χ0n) is 20.7. The summed E-state index contributed by atoms with van der Waals surface area (Å²) in [5.74, 6) is -2.41. The maximum atomic E-state index is 17.3. The molecule has 35 heavy (non-hydrogen) atoms. The fraction of sp³-hybridized carbons (Fsp3) is 0.630. The van der Waals surface area contributed by atoms with Gasteiger partial charge in [-0.3, -0.25) is 19.0 Å². The summed E-state index contributed by atoms with van der Waals surface area (Å²) in [5.41, 5.74) is -4.70. The van der Waals surface area contributed by atoms with Crippen molar-refractivity contribution in [3.63, 3.8) is 0 Å². The first-order valence-electron chi connectivity index (χ1n) is 12.6. The number of ketones is 1. The minimum absolute atomic E-state index is 0.0833. The number of aromatic nitrogens is 2. The topological polar surface area (TPSA) is 98.5 Å². The standard InChI is InChI=1S/C27H33FN2O5/c1-5-22(33)35-27(23(34)30-11-10-29-15-30)16(2)12-20-19-7-6-17-13-18(31)14-21(32)25(17,4)26(19,28)9-8-24(20,27)3/h10-11,13-16,19-20,32H,5-9,12H2,1-4H3/t16-,19?,20?,24-,25+,26+,27-/m0/s1. The molecule has 4 aliphatic rings. The number of imidazole rings is 1. The molecule has 1 aromatic heterocycles. The van der Waals surface area contributed by atoms with E-state index in [1.54, 1.807) is 20.0 Å². The third-order valence-electron chi connectivity index (χ3n) is 9.98. The molecule has 3 saturated carbocycles. The summed E-state index contributed by atoms with van der Waals surface area (Å²) in [5, 5.41) is 10.9. The lowest BCUT2D eigenvalue weighted by Crippen LogP contribution is -2.66. The van der Waals surface area contributed by atoms with Gasteiger partial charge in [-0.2, -0.15) is 0 Å². The molecule has 5 rings (SSSR count). The van der Waals surface area contributed by atoms with Crippen LogP contribution in [0.2, 0.25) is 0 Å². The van der Waals surface area contributed by atoms with Crippen molar-refractivity contribution in [2.75, 3.05) is 0 Å². The largest absolute Gasteiger partial charge is 0.511 e. The van der Waals surface area contributed by atoms with Crippen molar-refractivity contribution >= 4 is 17.7 Å². The highest BCUT2D eigenvalue weighted by Crippen LogP contribution is 2.72. The van der Waals surface area contributed by atoms with Crippen molar-refractivity contribution in [3.05, 3.63) is 42.2 Å². The molecule has 7 nitrogen and oxygen atoms in total. The summed E-state index contributed by atoms with van der Waals surface area (Å²) >= 11 is 0. The van der Waals surface area contributed by atoms with Crippen LogP contribution in [0.3, 0.4) is 0 Å². The third-order valence-corrected chi connectivity index (χ3v) is 9.98. The second-order valence-electron chi connectivity index (χ2n) is 11.2. The predicted octanol–water partition coefficient (Wildman–Crippen LogP) is 4.75. The van der Waals surface area contributed by atoms with Crippen LogP contribution in [-0.4, -0.2) is 43.6 Å². The molecule has 0 bridgehead atoms. The average Bonchev–Trinajstić information content (AvgIpc) is 3.42. The molecule has 0 aromatic carbocycles. The van der Waals surface area contributed by atoms with E-state index in [0.717, 1.165) is 6.08 Å². The van der Waals surface area contributed by atoms with E-state index in [2.05, 4.69) is 4.98 Å². The lowest BCUT2D eigenvalue weighted by atomic mass is 9.45. The summed E-state index contributed by atoms with van der Waals surface area (Å²) in [6, 6.07) is 0. The Hall–Kier alpha value is -2.77. The molecule has 0 radical (unpaired) electrons. The van der Waals surface area contributed by atoms with Crippen molar-refractivity contribution in [2.45, 2.75) is 77.5 Å². The number of hydrogen-bond donors (Lipinski definition) is 1. The minimum atomic E-state index is -1.79. The maximum Gasteiger partial charge on any atom is 0.306 e. The van der Waals surface area contributed by atoms with Crippen LogP contribution in [0.1, 0.15) is 71.0 Å². The Labute approximate surface area is 204 Å². The van der Waals surface area contributed by atoms with E-state index in [0.29, 0.717) is 31.3 Å². The minimum Gasteiger partial charge on any atom is -0.511 e. The number of aliphatic hydroxyl groups is 1. The highest BCUT2D eigenvalue weighted by atomic mass is 19.1. The third kappa shape index (κ3) is 2.82. The number of carbonyl (C=O) groups excluding carboxylic acids is 3. The van der Waals surface area contributed by atoms with Crippen molar-refractivity contribution < 1.29 is 28.6 Å². The molecule has 1 N–H and O–H groups in total. The van der Waals surface area contributed by atoms with Gasteiger partial charge in [-0.15, -0.1) is 0 Å². The molecule has 1 aromatic rings. The van der Waals surface area contributed by atoms with E-state index >= 15 is 4.39 Å². The summed E-state index contributed by atoms with van der Waals surface area (Å²) in [6.07, 6.45) is 9.10. The van der Waals surface area contributed by atoms with Gasteiger partial charge in [0.15, 0.2) is 11.4 Å². The highest BCUT2D eigenvalue weighted by Gasteiger charge is 2.76. The monoisotopic (exact) mass is 484 g/mol. The molecule has 0 amide bonds. The van der Waals surface area contributed by atoms with Gasteiger partial charge in [0.25, 0.3) is 5.91 Å². The molecule has 3 fully saturated rings. The quantitative estimate of drug-likeness (QED) is 0.622. The van der Waals surface area contributed by atoms with Crippen LogP contribution >= 0.6 is 0 Å². The number of fused-ring (bicyclic) bond motifs is 5. The Morgan fingerprint density at radius 3 is 2.66 bits per heavy atom. The van der Waals surface area contributed by atoms with E-state index in [1.807, 2.05) is 13.8 Å². The van der Waals surface area contributed by atoms with Crippen molar-refractivity contribution in [1.29, 1.82) is 0 Å². The lowest BCUT2D eigenvalue weighted by molar-refractivity contribution is -0.190. The van der Waals surface area contributed by atoms with Gasteiger partial charge in [-0.25, -0.2) is 9.37 Å². The molecule has 0 saturated heterocycles. The Balaban J connectivity index is 1.63. The molecular formula is C27H33FN2O5. The van der Waals surface area contributed by atoms with Gasteiger partial charge >= 0.3 is 5.97 Å². The molecule has 0 spiro atoms. The van der Waals surface area contributed by atoms with Crippen LogP contribution in [0.4, 0.5) is 4.39 Å². The van der Waals surface area contributed by atoms with Crippen LogP contribution in [-0.2, 0) is 14.3 Å². The second kappa shape index (κ2) is 7.61. The van der Waals surface area contributed by atoms with Crippen molar-refractivity contribution in [1.82, 2.24) is 9.55 Å². The summed E-state index contributed by atoms with van der Waals surface area (Å²) in [4.78, 5) is 42.8. The lowest BCUT2D eigenvalue weighted by Gasteiger charge is -2.61. The molecular weight excluding hydrogens is 451 g/mol. The SMILES string of the molecule is CCC(=O)O[C@]1(C(=O)n2ccnc2)[C@@H](C)CC2C3CCC4=CC(=O)C=C(O)[C@]4(C)[C@@]3(F)CC[C@@]21C. The van der Waals surface area contributed by atoms with Crippen LogP contribution in [0.25, 0.3) is 0 Å². The summed E-state index contributed by atoms with van der Waals surface area (Å²) < 4.78 is 24.8.